The van der Waals surface area contributed by atoms with E-state index in [-0.39, 0.29) is 17.6 Å². The maximum Gasteiger partial charge on any atom is 0.389 e. The molecule has 0 aliphatic heterocycles. The molecule has 1 atom stereocenters. The van der Waals surface area contributed by atoms with E-state index in [1.807, 2.05) is 13.8 Å². The molecule has 0 rings (SSSR count). The molecule has 0 spiro atoms. The quantitative estimate of drug-likeness (QED) is 0.522. The van der Waals surface area contributed by atoms with Gasteiger partial charge in [0.15, 0.2) is 0 Å². The molecule has 6 heteroatoms. The summed E-state index contributed by atoms with van der Waals surface area (Å²) >= 11 is 1.25. The van der Waals surface area contributed by atoms with Crippen LogP contribution in [0.3, 0.4) is 0 Å². The summed E-state index contributed by atoms with van der Waals surface area (Å²) in [4.78, 5) is 11.4. The third-order valence-electron chi connectivity index (χ3n) is 2.07. The van der Waals surface area contributed by atoms with Crippen LogP contribution in [0, 0.1) is 5.92 Å². The minimum atomic E-state index is -4.11. The molecule has 0 bridgehead atoms. The molecule has 0 N–H and O–H groups in total. The van der Waals surface area contributed by atoms with Gasteiger partial charge in [0.1, 0.15) is 5.25 Å². The molecule has 102 valence electrons. The number of thioether (sulfide) groups is 1. The second-order valence-electron chi connectivity index (χ2n) is 4.23. The number of carbonyl (C=O) groups is 1. The summed E-state index contributed by atoms with van der Waals surface area (Å²) in [5, 5.41) is -0.353. The summed E-state index contributed by atoms with van der Waals surface area (Å²) in [7, 11) is 1.30. The lowest BCUT2D eigenvalue weighted by Gasteiger charge is -2.16. The van der Waals surface area contributed by atoms with Crippen molar-refractivity contribution in [1.82, 2.24) is 0 Å². The molecular formula is C11H19F3O2S. The van der Waals surface area contributed by atoms with E-state index in [1.165, 1.54) is 18.9 Å². The molecule has 17 heavy (non-hydrogen) atoms. The SMILES string of the molecule is COC(=O)C(CC(C)C)SCCCC(F)(F)F. The van der Waals surface area contributed by atoms with Crippen LogP contribution in [-0.4, -0.2) is 30.3 Å². The van der Waals surface area contributed by atoms with Crippen molar-refractivity contribution in [1.29, 1.82) is 0 Å². The molecule has 0 aliphatic carbocycles. The van der Waals surface area contributed by atoms with Crippen LogP contribution in [0.4, 0.5) is 13.2 Å². The van der Waals surface area contributed by atoms with Gasteiger partial charge in [-0.05, 0) is 24.5 Å². The predicted octanol–water partition coefficient (Wildman–Crippen LogP) is 3.65. The maximum absolute atomic E-state index is 11.9. The van der Waals surface area contributed by atoms with Gasteiger partial charge in [0.25, 0.3) is 0 Å². The first kappa shape index (κ1) is 16.6. The van der Waals surface area contributed by atoms with Crippen molar-refractivity contribution in [2.45, 2.75) is 44.5 Å². The number of hydrogen-bond acceptors (Lipinski definition) is 3. The first-order valence-corrected chi connectivity index (χ1v) is 6.57. The second kappa shape index (κ2) is 7.84. The molecule has 0 saturated heterocycles. The van der Waals surface area contributed by atoms with Crippen LogP contribution in [-0.2, 0) is 9.53 Å². The third kappa shape index (κ3) is 9.32. The molecule has 0 aromatic heterocycles. The summed E-state index contributed by atoms with van der Waals surface area (Å²) < 4.78 is 40.4. The van der Waals surface area contributed by atoms with Gasteiger partial charge >= 0.3 is 12.1 Å². The van der Waals surface area contributed by atoms with Crippen molar-refractivity contribution in [3.8, 4) is 0 Å². The molecule has 2 nitrogen and oxygen atoms in total. The van der Waals surface area contributed by atoms with Crippen molar-refractivity contribution in [3.05, 3.63) is 0 Å². The number of methoxy groups -OCH3 is 1. The number of carbonyl (C=O) groups excluding carboxylic acids is 1. The summed E-state index contributed by atoms with van der Waals surface area (Å²) in [5.74, 6) is 0.288. The third-order valence-corrected chi connectivity index (χ3v) is 3.38. The lowest BCUT2D eigenvalue weighted by Crippen LogP contribution is -2.21. The molecule has 1 unspecified atom stereocenters. The first-order valence-electron chi connectivity index (χ1n) is 5.52. The summed E-state index contributed by atoms with van der Waals surface area (Å²) in [6.07, 6.45) is -4.24. The Hall–Kier alpha value is -0.390. The average Bonchev–Trinajstić information content (AvgIpc) is 2.19. The molecule has 0 heterocycles. The molecule has 0 aromatic rings. The van der Waals surface area contributed by atoms with Gasteiger partial charge in [0, 0.05) is 6.42 Å². The van der Waals surface area contributed by atoms with E-state index in [9.17, 15) is 18.0 Å². The predicted molar refractivity (Wildman–Crippen MR) is 63.0 cm³/mol. The molecule has 0 fully saturated rings. The highest BCUT2D eigenvalue weighted by molar-refractivity contribution is 8.00. The standard InChI is InChI=1S/C11H19F3O2S/c1-8(2)7-9(10(15)16-3)17-6-4-5-11(12,13)14/h8-9H,4-7H2,1-3H3. The van der Waals surface area contributed by atoms with Crippen molar-refractivity contribution in [2.75, 3.05) is 12.9 Å². The van der Waals surface area contributed by atoms with Gasteiger partial charge in [0.2, 0.25) is 0 Å². The summed E-state index contributed by atoms with van der Waals surface area (Å²) in [5.41, 5.74) is 0. The van der Waals surface area contributed by atoms with Gasteiger partial charge in [0.05, 0.1) is 7.11 Å². The fourth-order valence-electron chi connectivity index (χ4n) is 1.29. The second-order valence-corrected chi connectivity index (χ2v) is 5.54. The van der Waals surface area contributed by atoms with Gasteiger partial charge in [-0.15, -0.1) is 11.8 Å². The van der Waals surface area contributed by atoms with Crippen molar-refractivity contribution < 1.29 is 22.7 Å². The Bertz CT molecular complexity index is 229. The van der Waals surface area contributed by atoms with E-state index in [0.29, 0.717) is 18.1 Å². The lowest BCUT2D eigenvalue weighted by atomic mass is 10.1. The highest BCUT2D eigenvalue weighted by Gasteiger charge is 2.27. The highest BCUT2D eigenvalue weighted by atomic mass is 32.2. The van der Waals surface area contributed by atoms with Gasteiger partial charge < -0.3 is 4.74 Å². The zero-order valence-corrected chi connectivity index (χ0v) is 11.2. The number of rotatable bonds is 7. The fourth-order valence-corrected chi connectivity index (χ4v) is 2.64. The fraction of sp³-hybridized carbons (Fsp3) is 0.909. The largest absolute Gasteiger partial charge is 0.468 e. The van der Waals surface area contributed by atoms with E-state index in [0.717, 1.165) is 0 Å². The topological polar surface area (TPSA) is 26.3 Å². The van der Waals surface area contributed by atoms with E-state index >= 15 is 0 Å². The number of ether oxygens (including phenoxy) is 1. The van der Waals surface area contributed by atoms with Crippen LogP contribution < -0.4 is 0 Å². The minimum absolute atomic E-state index is 0.0414. The Morgan fingerprint density at radius 2 is 1.94 bits per heavy atom. The van der Waals surface area contributed by atoms with Crippen molar-refractivity contribution in [3.63, 3.8) is 0 Å². The number of alkyl halides is 3. The zero-order chi connectivity index (χ0) is 13.5. The Labute approximate surface area is 104 Å². The maximum atomic E-state index is 11.9. The molecular weight excluding hydrogens is 253 g/mol. The first-order chi connectivity index (χ1) is 7.76. The van der Waals surface area contributed by atoms with Crippen LogP contribution in [0.5, 0.6) is 0 Å². The van der Waals surface area contributed by atoms with Gasteiger partial charge in [-0.1, -0.05) is 13.8 Å². The summed E-state index contributed by atoms with van der Waals surface area (Å²) in [6, 6.07) is 0. The van der Waals surface area contributed by atoms with Crippen LogP contribution in [0.25, 0.3) is 0 Å². The molecule has 0 radical (unpaired) electrons. The van der Waals surface area contributed by atoms with E-state index in [4.69, 9.17) is 0 Å². The van der Waals surface area contributed by atoms with Crippen molar-refractivity contribution >= 4 is 17.7 Å². The molecule has 0 aromatic carbocycles. The van der Waals surface area contributed by atoms with Crippen LogP contribution in [0.1, 0.15) is 33.1 Å². The van der Waals surface area contributed by atoms with Crippen LogP contribution in [0.2, 0.25) is 0 Å². The number of esters is 1. The van der Waals surface area contributed by atoms with Crippen LogP contribution >= 0.6 is 11.8 Å². The monoisotopic (exact) mass is 272 g/mol. The van der Waals surface area contributed by atoms with E-state index in [1.54, 1.807) is 0 Å². The van der Waals surface area contributed by atoms with Crippen LogP contribution in [0.15, 0.2) is 0 Å². The number of halogens is 3. The number of hydrogen-bond donors (Lipinski definition) is 0. The molecule has 0 aliphatic rings. The van der Waals surface area contributed by atoms with E-state index < -0.39 is 12.6 Å². The Morgan fingerprint density at radius 3 is 2.35 bits per heavy atom. The Morgan fingerprint density at radius 1 is 1.35 bits per heavy atom. The smallest absolute Gasteiger partial charge is 0.389 e. The van der Waals surface area contributed by atoms with E-state index in [2.05, 4.69) is 4.74 Å². The minimum Gasteiger partial charge on any atom is -0.468 e. The van der Waals surface area contributed by atoms with Gasteiger partial charge in [-0.3, -0.25) is 4.79 Å². The van der Waals surface area contributed by atoms with Gasteiger partial charge in [-0.2, -0.15) is 13.2 Å². The summed E-state index contributed by atoms with van der Waals surface area (Å²) in [6.45, 7) is 3.93. The van der Waals surface area contributed by atoms with Crippen molar-refractivity contribution in [2.24, 2.45) is 5.92 Å². The van der Waals surface area contributed by atoms with Gasteiger partial charge in [-0.25, -0.2) is 0 Å². The Balaban J connectivity index is 3.96. The molecule has 0 saturated carbocycles. The zero-order valence-electron chi connectivity index (χ0n) is 10.3. The highest BCUT2D eigenvalue weighted by Crippen LogP contribution is 2.26. The average molecular weight is 272 g/mol. The lowest BCUT2D eigenvalue weighted by molar-refractivity contribution is -0.140. The Kier molecular flexibility index (Phi) is 7.66. The molecule has 0 amide bonds. The normalized spacial score (nSPS) is 13.8.